The van der Waals surface area contributed by atoms with Gasteiger partial charge in [-0.3, -0.25) is 0 Å². The van der Waals surface area contributed by atoms with Gasteiger partial charge in [-0.05, 0) is 25.7 Å². The Balaban J connectivity index is 2.20. The average Bonchev–Trinajstić information content (AvgIpc) is 3.07. The summed E-state index contributed by atoms with van der Waals surface area (Å²) in [6.07, 6.45) is 29.6. The standard InChI is InChI=1S/C39H70O8/c1-4-6-8-10-12-14-16-18-20-22-24-26-28-30-34(40)45-32-33-36(42)37(43)38(39(44-3)46-33)47-35(41)31-29-27-25-23-21-19-17-15-13-11-9-7-5-2/h28-31,33,36-39,42-43H,4-27,32H2,1-3H3/b30-28+,31-29+/t33-,36+,37+,38-,39+/m1/s1. The van der Waals surface area contributed by atoms with Gasteiger partial charge in [-0.25, -0.2) is 9.59 Å². The van der Waals surface area contributed by atoms with Crippen LogP contribution in [-0.4, -0.2) is 66.6 Å². The number of carbonyl (C=O) groups is 2. The number of esters is 2. The molecule has 5 atom stereocenters. The van der Waals surface area contributed by atoms with Crippen molar-refractivity contribution < 1.29 is 38.7 Å². The highest BCUT2D eigenvalue weighted by atomic mass is 16.7. The summed E-state index contributed by atoms with van der Waals surface area (Å²) in [6.45, 7) is 4.22. The van der Waals surface area contributed by atoms with Gasteiger partial charge in [0, 0.05) is 19.3 Å². The Morgan fingerprint density at radius 1 is 0.596 bits per heavy atom. The minimum atomic E-state index is -1.46. The number of aliphatic hydroxyl groups is 2. The number of rotatable bonds is 30. The fraction of sp³-hybridized carbons (Fsp3) is 0.846. The summed E-state index contributed by atoms with van der Waals surface area (Å²) in [4.78, 5) is 24.6. The first-order valence-electron chi connectivity index (χ1n) is 19.2. The lowest BCUT2D eigenvalue weighted by Gasteiger charge is -2.40. The third-order valence-electron chi connectivity index (χ3n) is 8.98. The number of methoxy groups -OCH3 is 1. The Morgan fingerprint density at radius 3 is 1.43 bits per heavy atom. The van der Waals surface area contributed by atoms with E-state index in [2.05, 4.69) is 13.8 Å². The number of aliphatic hydroxyl groups excluding tert-OH is 2. The Kier molecular flexibility index (Phi) is 27.9. The summed E-state index contributed by atoms with van der Waals surface area (Å²) >= 11 is 0. The van der Waals surface area contributed by atoms with E-state index < -0.39 is 42.6 Å². The molecule has 8 heteroatoms. The van der Waals surface area contributed by atoms with Crippen LogP contribution in [0, 0.1) is 0 Å². The van der Waals surface area contributed by atoms with E-state index in [0.717, 1.165) is 38.5 Å². The molecule has 0 aromatic rings. The summed E-state index contributed by atoms with van der Waals surface area (Å²) in [7, 11) is 1.36. The number of allylic oxidation sites excluding steroid dienone is 2. The molecule has 274 valence electrons. The molecule has 0 spiro atoms. The zero-order valence-corrected chi connectivity index (χ0v) is 30.2. The fourth-order valence-corrected chi connectivity index (χ4v) is 5.96. The highest BCUT2D eigenvalue weighted by Crippen LogP contribution is 2.25. The van der Waals surface area contributed by atoms with Gasteiger partial charge < -0.3 is 29.2 Å². The van der Waals surface area contributed by atoms with Gasteiger partial charge in [0.25, 0.3) is 0 Å². The van der Waals surface area contributed by atoms with Crippen LogP contribution in [0.25, 0.3) is 0 Å². The Bertz CT molecular complexity index is 809. The number of carbonyl (C=O) groups excluding carboxylic acids is 2. The third kappa shape index (κ3) is 22.5. The van der Waals surface area contributed by atoms with Crippen LogP contribution in [0.3, 0.4) is 0 Å². The van der Waals surface area contributed by atoms with Gasteiger partial charge in [0.1, 0.15) is 24.9 Å². The van der Waals surface area contributed by atoms with Gasteiger partial charge >= 0.3 is 11.9 Å². The Hall–Kier alpha value is -1.74. The molecule has 0 saturated carbocycles. The molecule has 0 aromatic heterocycles. The van der Waals surface area contributed by atoms with Crippen molar-refractivity contribution in [1.29, 1.82) is 0 Å². The van der Waals surface area contributed by atoms with E-state index in [4.69, 9.17) is 18.9 Å². The van der Waals surface area contributed by atoms with Crippen LogP contribution in [0.1, 0.15) is 168 Å². The number of hydrogen-bond donors (Lipinski definition) is 2. The van der Waals surface area contributed by atoms with E-state index in [0.29, 0.717) is 0 Å². The molecule has 47 heavy (non-hydrogen) atoms. The van der Waals surface area contributed by atoms with Crippen molar-refractivity contribution in [1.82, 2.24) is 0 Å². The lowest BCUT2D eigenvalue weighted by molar-refractivity contribution is -0.297. The predicted molar refractivity (Wildman–Crippen MR) is 189 cm³/mol. The molecule has 1 heterocycles. The van der Waals surface area contributed by atoms with Gasteiger partial charge in [-0.15, -0.1) is 0 Å². The maximum atomic E-state index is 12.4. The Labute approximate surface area is 287 Å². The van der Waals surface area contributed by atoms with Crippen molar-refractivity contribution in [3.05, 3.63) is 24.3 Å². The van der Waals surface area contributed by atoms with Crippen LogP contribution in [-0.2, 0) is 28.5 Å². The van der Waals surface area contributed by atoms with Gasteiger partial charge in [0.2, 0.25) is 0 Å². The Morgan fingerprint density at radius 2 is 1.00 bits per heavy atom. The summed E-state index contributed by atoms with van der Waals surface area (Å²) < 4.78 is 21.6. The van der Waals surface area contributed by atoms with Crippen molar-refractivity contribution in [3.63, 3.8) is 0 Å². The monoisotopic (exact) mass is 667 g/mol. The van der Waals surface area contributed by atoms with E-state index in [1.165, 1.54) is 135 Å². The van der Waals surface area contributed by atoms with Crippen LogP contribution in [0.15, 0.2) is 24.3 Å². The zero-order valence-electron chi connectivity index (χ0n) is 30.2. The highest BCUT2D eigenvalue weighted by molar-refractivity contribution is 5.82. The quantitative estimate of drug-likeness (QED) is 0.0444. The number of unbranched alkanes of at least 4 members (excludes halogenated alkanes) is 22. The van der Waals surface area contributed by atoms with Crippen LogP contribution >= 0.6 is 0 Å². The number of ether oxygens (including phenoxy) is 4. The summed E-state index contributed by atoms with van der Waals surface area (Å²) in [5.41, 5.74) is 0. The third-order valence-corrected chi connectivity index (χ3v) is 8.98. The van der Waals surface area contributed by atoms with Crippen molar-refractivity contribution in [2.75, 3.05) is 13.7 Å². The van der Waals surface area contributed by atoms with Crippen molar-refractivity contribution in [2.24, 2.45) is 0 Å². The average molecular weight is 667 g/mol. The summed E-state index contributed by atoms with van der Waals surface area (Å²) in [5.74, 6) is -1.17. The predicted octanol–water partition coefficient (Wildman–Crippen LogP) is 9.05. The van der Waals surface area contributed by atoms with Gasteiger partial charge in [0.05, 0.1) is 0 Å². The zero-order chi connectivity index (χ0) is 34.4. The van der Waals surface area contributed by atoms with Crippen molar-refractivity contribution in [2.45, 2.75) is 199 Å². The fourth-order valence-electron chi connectivity index (χ4n) is 5.96. The molecule has 0 aromatic carbocycles. The minimum absolute atomic E-state index is 0.265. The summed E-state index contributed by atoms with van der Waals surface area (Å²) in [5, 5.41) is 21.3. The maximum Gasteiger partial charge on any atom is 0.330 e. The highest BCUT2D eigenvalue weighted by Gasteiger charge is 2.47. The smallest absolute Gasteiger partial charge is 0.330 e. The van der Waals surface area contributed by atoms with Crippen LogP contribution in [0.4, 0.5) is 0 Å². The number of hydrogen-bond acceptors (Lipinski definition) is 8. The van der Waals surface area contributed by atoms with E-state index in [9.17, 15) is 19.8 Å². The van der Waals surface area contributed by atoms with E-state index in [1.54, 1.807) is 12.2 Å². The molecule has 0 amide bonds. The molecule has 1 rings (SSSR count). The van der Waals surface area contributed by atoms with Crippen LogP contribution < -0.4 is 0 Å². The van der Waals surface area contributed by atoms with Crippen LogP contribution in [0.2, 0.25) is 0 Å². The first kappa shape index (κ1) is 43.3. The molecule has 1 aliphatic rings. The van der Waals surface area contributed by atoms with Gasteiger partial charge in [-0.2, -0.15) is 0 Å². The van der Waals surface area contributed by atoms with Crippen molar-refractivity contribution >= 4 is 11.9 Å². The molecule has 1 fully saturated rings. The molecule has 0 unspecified atom stereocenters. The van der Waals surface area contributed by atoms with Gasteiger partial charge in [-0.1, -0.05) is 154 Å². The van der Waals surface area contributed by atoms with E-state index >= 15 is 0 Å². The molecule has 0 aliphatic carbocycles. The maximum absolute atomic E-state index is 12.4. The van der Waals surface area contributed by atoms with Gasteiger partial charge in [0.15, 0.2) is 12.4 Å². The van der Waals surface area contributed by atoms with Crippen LogP contribution in [0.5, 0.6) is 0 Å². The first-order valence-corrected chi connectivity index (χ1v) is 19.2. The lowest BCUT2D eigenvalue weighted by atomic mass is 9.99. The second-order valence-electron chi connectivity index (χ2n) is 13.2. The molecule has 0 bridgehead atoms. The van der Waals surface area contributed by atoms with E-state index in [-0.39, 0.29) is 6.61 Å². The lowest BCUT2D eigenvalue weighted by Crippen LogP contribution is -2.60. The normalized spacial score (nSPS) is 21.5. The molecule has 2 N–H and O–H groups in total. The summed E-state index contributed by atoms with van der Waals surface area (Å²) in [6, 6.07) is 0. The first-order chi connectivity index (χ1) is 22.9. The minimum Gasteiger partial charge on any atom is -0.460 e. The largest absolute Gasteiger partial charge is 0.460 e. The molecule has 1 saturated heterocycles. The molecule has 0 radical (unpaired) electrons. The van der Waals surface area contributed by atoms with E-state index in [1.807, 2.05) is 0 Å². The second kappa shape index (κ2) is 30.3. The molecule has 1 aliphatic heterocycles. The topological polar surface area (TPSA) is 112 Å². The molecular weight excluding hydrogens is 596 g/mol. The second-order valence-corrected chi connectivity index (χ2v) is 13.2. The molecule has 8 nitrogen and oxygen atoms in total. The SMILES string of the molecule is CCCCCCCCCCCCC/C=C/C(=O)OC[C@H]1O[C@H](OC)[C@H](OC(=O)/C=C/CCCCCCCCCCCCC)[C@@H](O)[C@H]1O. The van der Waals surface area contributed by atoms with Crippen molar-refractivity contribution in [3.8, 4) is 0 Å². The molecular formula is C39H70O8.